The molecule has 4 aromatic heterocycles. The van der Waals surface area contributed by atoms with Gasteiger partial charge in [-0.05, 0) is 41.8 Å². The van der Waals surface area contributed by atoms with Crippen LogP contribution in [0.5, 0.6) is 0 Å². The molecule has 6 heteroatoms. The van der Waals surface area contributed by atoms with Gasteiger partial charge in [0.1, 0.15) is 5.58 Å². The van der Waals surface area contributed by atoms with E-state index in [1.54, 1.807) is 35.6 Å². The van der Waals surface area contributed by atoms with E-state index in [-0.39, 0.29) is 12.2 Å². The minimum Gasteiger partial charge on any atom is -0.464 e. The molecule has 0 radical (unpaired) electrons. The summed E-state index contributed by atoms with van der Waals surface area (Å²) in [4.78, 5) is 21.6. The normalized spacial score (nSPS) is 11.3. The third-order valence-electron chi connectivity index (χ3n) is 4.78. The number of furan rings is 1. The standard InChI is InChI=1S/C22H16N4O2/c1-26-13-18(12-25-26)20-8-16-7-19(23-10-17(16)11-24-20)9-21(27)14-2-3-22-15(6-14)4-5-28-22/h2-8,10-13H,9H2,1H3. The fourth-order valence-electron chi connectivity index (χ4n) is 3.30. The van der Waals surface area contributed by atoms with Crippen LogP contribution in [0.25, 0.3) is 33.0 Å². The van der Waals surface area contributed by atoms with Gasteiger partial charge in [0.05, 0.1) is 24.6 Å². The first-order valence-electron chi connectivity index (χ1n) is 8.90. The maximum atomic E-state index is 12.7. The molecule has 0 spiro atoms. The topological polar surface area (TPSA) is 73.8 Å². The van der Waals surface area contributed by atoms with Crippen molar-refractivity contribution in [2.24, 2.45) is 7.05 Å². The molecule has 0 bridgehead atoms. The highest BCUT2D eigenvalue weighted by Gasteiger charge is 2.11. The van der Waals surface area contributed by atoms with Crippen LogP contribution in [0.3, 0.4) is 0 Å². The first-order valence-corrected chi connectivity index (χ1v) is 8.90. The molecule has 5 aromatic rings. The average Bonchev–Trinajstić information content (AvgIpc) is 3.35. The monoisotopic (exact) mass is 368 g/mol. The van der Waals surface area contributed by atoms with Crippen molar-refractivity contribution >= 4 is 27.5 Å². The molecule has 0 amide bonds. The lowest BCUT2D eigenvalue weighted by molar-refractivity contribution is 0.0992. The highest BCUT2D eigenvalue weighted by molar-refractivity contribution is 6.00. The van der Waals surface area contributed by atoms with Gasteiger partial charge in [-0.1, -0.05) is 0 Å². The molecule has 28 heavy (non-hydrogen) atoms. The zero-order valence-electron chi connectivity index (χ0n) is 15.2. The zero-order chi connectivity index (χ0) is 19.1. The van der Waals surface area contributed by atoms with Gasteiger partial charge in [0.15, 0.2) is 5.78 Å². The van der Waals surface area contributed by atoms with Crippen molar-refractivity contribution in [3.63, 3.8) is 0 Å². The molecule has 0 aliphatic rings. The van der Waals surface area contributed by atoms with E-state index in [0.717, 1.165) is 38.7 Å². The second-order valence-corrected chi connectivity index (χ2v) is 6.77. The maximum absolute atomic E-state index is 12.7. The predicted octanol–water partition coefficient (Wildman–Crippen LogP) is 4.20. The molecule has 0 unspecified atom stereocenters. The SMILES string of the molecule is Cn1cc(-c2cc3cc(CC(=O)c4ccc5occc5c4)ncc3cn2)cn1. The second-order valence-electron chi connectivity index (χ2n) is 6.77. The first-order chi connectivity index (χ1) is 13.7. The summed E-state index contributed by atoms with van der Waals surface area (Å²) in [6.45, 7) is 0. The Morgan fingerprint density at radius 3 is 2.75 bits per heavy atom. The van der Waals surface area contributed by atoms with Crippen LogP contribution in [0.4, 0.5) is 0 Å². The van der Waals surface area contributed by atoms with Crippen LogP contribution in [-0.2, 0) is 13.5 Å². The molecule has 4 heterocycles. The minimum absolute atomic E-state index is 0.0245. The number of aryl methyl sites for hydroxylation is 1. The lowest BCUT2D eigenvalue weighted by Crippen LogP contribution is -2.05. The molecule has 0 N–H and O–H groups in total. The lowest BCUT2D eigenvalue weighted by Gasteiger charge is -2.05. The van der Waals surface area contributed by atoms with Gasteiger partial charge in [0.25, 0.3) is 0 Å². The van der Waals surface area contributed by atoms with E-state index < -0.39 is 0 Å². The van der Waals surface area contributed by atoms with Crippen molar-refractivity contribution in [2.45, 2.75) is 6.42 Å². The van der Waals surface area contributed by atoms with Crippen molar-refractivity contribution in [3.05, 3.63) is 78.7 Å². The summed E-state index contributed by atoms with van der Waals surface area (Å²) >= 11 is 0. The number of aromatic nitrogens is 4. The quantitative estimate of drug-likeness (QED) is 0.445. The van der Waals surface area contributed by atoms with Crippen LogP contribution in [0.2, 0.25) is 0 Å². The molecule has 0 saturated heterocycles. The molecule has 1 aromatic carbocycles. The summed E-state index contributed by atoms with van der Waals surface area (Å²) in [5.74, 6) is 0.0245. The van der Waals surface area contributed by atoms with Crippen molar-refractivity contribution in [1.29, 1.82) is 0 Å². The number of hydrogen-bond donors (Lipinski definition) is 0. The number of ketones is 1. The van der Waals surface area contributed by atoms with E-state index in [1.807, 2.05) is 43.6 Å². The van der Waals surface area contributed by atoms with Gasteiger partial charge in [0, 0.05) is 53.2 Å². The predicted molar refractivity (Wildman–Crippen MR) is 106 cm³/mol. The molecule has 6 nitrogen and oxygen atoms in total. The maximum Gasteiger partial charge on any atom is 0.168 e. The molecule has 0 aliphatic heterocycles. The number of rotatable bonds is 4. The fraction of sp³-hybridized carbons (Fsp3) is 0.0909. The van der Waals surface area contributed by atoms with Crippen molar-refractivity contribution < 1.29 is 9.21 Å². The summed E-state index contributed by atoms with van der Waals surface area (Å²) in [7, 11) is 1.87. The van der Waals surface area contributed by atoms with Gasteiger partial charge in [-0.2, -0.15) is 5.10 Å². The Hall–Kier alpha value is -3.80. The van der Waals surface area contributed by atoms with Crippen LogP contribution in [0, 0.1) is 0 Å². The largest absolute Gasteiger partial charge is 0.464 e. The molecule has 0 fully saturated rings. The molecule has 0 atom stereocenters. The Labute approximate surface area is 160 Å². The Kier molecular flexibility index (Phi) is 3.76. The summed E-state index contributed by atoms with van der Waals surface area (Å²) in [6, 6.07) is 11.3. The second kappa shape index (κ2) is 6.42. The highest BCUT2D eigenvalue weighted by Crippen LogP contribution is 2.23. The molecule has 0 saturated carbocycles. The molecule has 5 rings (SSSR count). The molecule has 136 valence electrons. The Morgan fingerprint density at radius 1 is 1.00 bits per heavy atom. The number of Topliss-reactive ketones (excluding diaryl/α,β-unsaturated/α-hetero) is 1. The molecular weight excluding hydrogens is 352 g/mol. The number of nitrogens with zero attached hydrogens (tertiary/aromatic N) is 4. The van der Waals surface area contributed by atoms with Crippen LogP contribution >= 0.6 is 0 Å². The van der Waals surface area contributed by atoms with Gasteiger partial charge >= 0.3 is 0 Å². The van der Waals surface area contributed by atoms with Gasteiger partial charge in [-0.3, -0.25) is 19.4 Å². The summed E-state index contributed by atoms with van der Waals surface area (Å²) in [6.07, 6.45) is 9.12. The van der Waals surface area contributed by atoms with Crippen LogP contribution < -0.4 is 0 Å². The summed E-state index contributed by atoms with van der Waals surface area (Å²) in [5.41, 5.74) is 3.95. The van der Waals surface area contributed by atoms with E-state index in [1.165, 1.54) is 0 Å². The van der Waals surface area contributed by atoms with Gasteiger partial charge in [-0.15, -0.1) is 0 Å². The van der Waals surface area contributed by atoms with Crippen molar-refractivity contribution in [1.82, 2.24) is 19.7 Å². The van der Waals surface area contributed by atoms with Gasteiger partial charge in [0.2, 0.25) is 0 Å². The highest BCUT2D eigenvalue weighted by atomic mass is 16.3. The van der Waals surface area contributed by atoms with Gasteiger partial charge < -0.3 is 4.42 Å². The average molecular weight is 368 g/mol. The number of carbonyl (C=O) groups is 1. The smallest absolute Gasteiger partial charge is 0.168 e. The number of benzene rings is 1. The number of hydrogen-bond acceptors (Lipinski definition) is 5. The third-order valence-corrected chi connectivity index (χ3v) is 4.78. The van der Waals surface area contributed by atoms with Crippen molar-refractivity contribution in [2.75, 3.05) is 0 Å². The number of carbonyl (C=O) groups excluding carboxylic acids is 1. The van der Waals surface area contributed by atoms with E-state index >= 15 is 0 Å². The molecular formula is C22H16N4O2. The third kappa shape index (κ3) is 2.95. The van der Waals surface area contributed by atoms with Crippen molar-refractivity contribution in [3.8, 4) is 11.3 Å². The van der Waals surface area contributed by atoms with Crippen LogP contribution in [0.1, 0.15) is 16.1 Å². The summed E-state index contributed by atoms with van der Waals surface area (Å²) in [5, 5.41) is 7.05. The molecule has 0 aliphatic carbocycles. The zero-order valence-corrected chi connectivity index (χ0v) is 15.2. The lowest BCUT2D eigenvalue weighted by atomic mass is 10.0. The fourth-order valence-corrected chi connectivity index (χ4v) is 3.30. The Morgan fingerprint density at radius 2 is 1.89 bits per heavy atom. The minimum atomic E-state index is 0.0245. The number of fused-ring (bicyclic) bond motifs is 2. The van der Waals surface area contributed by atoms with E-state index in [0.29, 0.717) is 5.56 Å². The van der Waals surface area contributed by atoms with E-state index in [4.69, 9.17) is 4.42 Å². The Bertz CT molecular complexity index is 1330. The number of pyridine rings is 2. The van der Waals surface area contributed by atoms with Gasteiger partial charge in [-0.25, -0.2) is 0 Å². The first kappa shape index (κ1) is 16.4. The van der Waals surface area contributed by atoms with Crippen LogP contribution in [0.15, 0.2) is 71.9 Å². The van der Waals surface area contributed by atoms with Crippen LogP contribution in [-0.4, -0.2) is 25.5 Å². The van der Waals surface area contributed by atoms with E-state index in [9.17, 15) is 4.79 Å². The summed E-state index contributed by atoms with van der Waals surface area (Å²) < 4.78 is 7.08. The Balaban J connectivity index is 1.45. The van der Waals surface area contributed by atoms with E-state index in [2.05, 4.69) is 15.1 Å².